The van der Waals surface area contributed by atoms with Crippen LogP contribution in [0.2, 0.25) is 0 Å². The van der Waals surface area contributed by atoms with E-state index < -0.39 is 15.8 Å². The Labute approximate surface area is 119 Å². The van der Waals surface area contributed by atoms with Crippen LogP contribution in [0.1, 0.15) is 5.56 Å². The molecule has 0 unspecified atom stereocenters. The predicted octanol–water partition coefficient (Wildman–Crippen LogP) is 0.995. The summed E-state index contributed by atoms with van der Waals surface area (Å²) in [6.45, 7) is 0.130. The molecule has 0 saturated heterocycles. The molecule has 2 aromatic heterocycles. The predicted molar refractivity (Wildman–Crippen MR) is 75.1 cm³/mol. The summed E-state index contributed by atoms with van der Waals surface area (Å²) in [6, 6.07) is 7.69. The van der Waals surface area contributed by atoms with Crippen LogP contribution >= 0.6 is 0 Å². The highest BCUT2D eigenvalue weighted by Crippen LogP contribution is 2.16. The number of hydrogen-bond acceptors (Lipinski definition) is 5. The van der Waals surface area contributed by atoms with E-state index in [0.717, 1.165) is 5.56 Å². The van der Waals surface area contributed by atoms with Gasteiger partial charge in [-0.3, -0.25) is 9.97 Å². The monoisotopic (exact) mass is 305 g/mol. The fourth-order valence-corrected chi connectivity index (χ4v) is 2.89. The van der Waals surface area contributed by atoms with E-state index in [1.807, 2.05) is 0 Å². The average molecular weight is 305 g/mol. The van der Waals surface area contributed by atoms with Gasteiger partial charge in [0.25, 0.3) is 0 Å². The Balaban J connectivity index is 1.87. The molecule has 8 heteroatoms. The maximum Gasteiger partial charge on any atom is 0.417 e. The van der Waals surface area contributed by atoms with E-state index in [9.17, 15) is 13.2 Å². The quantitative estimate of drug-likeness (QED) is 0.748. The largest absolute Gasteiger partial charge is 0.417 e. The summed E-state index contributed by atoms with van der Waals surface area (Å²) in [5, 5.41) is 0. The molecule has 2 heterocycles. The highest BCUT2D eigenvalue weighted by atomic mass is 32.2. The fraction of sp³-hybridized carbons (Fsp3) is 0.0769. The van der Waals surface area contributed by atoms with Crippen LogP contribution in [0.25, 0.3) is 11.1 Å². The van der Waals surface area contributed by atoms with Gasteiger partial charge in [-0.2, -0.15) is 0 Å². The van der Waals surface area contributed by atoms with Crippen molar-refractivity contribution in [2.75, 3.05) is 0 Å². The molecule has 0 atom stereocenters. The summed E-state index contributed by atoms with van der Waals surface area (Å²) in [6.07, 6.45) is 3.19. The van der Waals surface area contributed by atoms with Crippen LogP contribution in [0.15, 0.2) is 56.8 Å². The zero-order valence-electron chi connectivity index (χ0n) is 10.7. The molecule has 0 bridgehead atoms. The van der Waals surface area contributed by atoms with E-state index in [-0.39, 0.29) is 17.0 Å². The number of hydrogen-bond donors (Lipinski definition) is 2. The van der Waals surface area contributed by atoms with E-state index in [4.69, 9.17) is 4.42 Å². The molecule has 1 aromatic carbocycles. The second-order valence-electron chi connectivity index (χ2n) is 4.36. The standard InChI is InChI=1S/C13H11N3O4S/c17-13-16-11-4-3-10(6-12(11)20-13)21(18,19)15-8-9-2-1-5-14-7-9/h1-7,15H,8H2,(H,16,17). The first-order chi connectivity index (χ1) is 10.0. The molecule has 3 aromatic rings. The van der Waals surface area contributed by atoms with Gasteiger partial charge in [0.2, 0.25) is 10.0 Å². The van der Waals surface area contributed by atoms with Crippen molar-refractivity contribution in [3.63, 3.8) is 0 Å². The lowest BCUT2D eigenvalue weighted by molar-refractivity contribution is 0.553. The van der Waals surface area contributed by atoms with E-state index in [1.165, 1.54) is 18.2 Å². The number of aromatic amines is 1. The van der Waals surface area contributed by atoms with Crippen LogP contribution in [-0.2, 0) is 16.6 Å². The van der Waals surface area contributed by atoms with Gasteiger partial charge in [-0.15, -0.1) is 0 Å². The molecule has 0 spiro atoms. The molecule has 0 saturated carbocycles. The summed E-state index contributed by atoms with van der Waals surface area (Å²) in [5.74, 6) is -0.622. The lowest BCUT2D eigenvalue weighted by atomic mass is 10.3. The normalized spacial score (nSPS) is 11.8. The van der Waals surface area contributed by atoms with Crippen molar-refractivity contribution in [1.82, 2.24) is 14.7 Å². The van der Waals surface area contributed by atoms with Crippen molar-refractivity contribution in [1.29, 1.82) is 0 Å². The van der Waals surface area contributed by atoms with Crippen LogP contribution in [0.4, 0.5) is 0 Å². The Kier molecular flexibility index (Phi) is 3.32. The van der Waals surface area contributed by atoms with Crippen LogP contribution in [0.3, 0.4) is 0 Å². The third-order valence-electron chi connectivity index (χ3n) is 2.89. The topological polar surface area (TPSA) is 105 Å². The summed E-state index contributed by atoms with van der Waals surface area (Å²) in [7, 11) is -3.69. The van der Waals surface area contributed by atoms with Gasteiger partial charge in [-0.25, -0.2) is 17.9 Å². The van der Waals surface area contributed by atoms with Crippen molar-refractivity contribution < 1.29 is 12.8 Å². The molecule has 0 amide bonds. The number of pyridine rings is 1. The summed E-state index contributed by atoms with van der Waals surface area (Å²) >= 11 is 0. The minimum Gasteiger partial charge on any atom is -0.408 e. The number of oxazole rings is 1. The minimum absolute atomic E-state index is 0.0293. The third-order valence-corrected chi connectivity index (χ3v) is 4.29. The number of nitrogens with zero attached hydrogens (tertiary/aromatic N) is 1. The van der Waals surface area contributed by atoms with Crippen molar-refractivity contribution in [3.05, 3.63) is 58.8 Å². The third kappa shape index (κ3) is 2.86. The lowest BCUT2D eigenvalue weighted by Crippen LogP contribution is -2.23. The number of H-pyrrole nitrogens is 1. The molecule has 108 valence electrons. The molecule has 0 radical (unpaired) electrons. The van der Waals surface area contributed by atoms with E-state index in [0.29, 0.717) is 5.52 Å². The number of fused-ring (bicyclic) bond motifs is 1. The molecule has 3 rings (SSSR count). The molecule has 0 aliphatic heterocycles. The molecule has 0 aliphatic rings. The Morgan fingerprint density at radius 1 is 1.29 bits per heavy atom. The van der Waals surface area contributed by atoms with E-state index in [2.05, 4.69) is 14.7 Å². The number of rotatable bonds is 4. The number of aromatic nitrogens is 2. The molecule has 2 N–H and O–H groups in total. The first kappa shape index (κ1) is 13.5. The fourth-order valence-electron chi connectivity index (χ4n) is 1.86. The Hall–Kier alpha value is -2.45. The molecule has 0 aliphatic carbocycles. The smallest absolute Gasteiger partial charge is 0.408 e. The Morgan fingerprint density at radius 3 is 2.90 bits per heavy atom. The zero-order valence-corrected chi connectivity index (χ0v) is 11.6. The van der Waals surface area contributed by atoms with Gasteiger partial charge in [0.05, 0.1) is 10.4 Å². The van der Waals surface area contributed by atoms with Crippen LogP contribution in [0.5, 0.6) is 0 Å². The second kappa shape index (κ2) is 5.15. The maximum atomic E-state index is 12.2. The molecular weight excluding hydrogens is 294 g/mol. The average Bonchev–Trinajstić information content (AvgIpc) is 2.85. The molecule has 0 fully saturated rings. The van der Waals surface area contributed by atoms with Crippen LogP contribution < -0.4 is 10.5 Å². The Bertz CT molecular complexity index is 929. The van der Waals surface area contributed by atoms with Crippen molar-refractivity contribution >= 4 is 21.1 Å². The summed E-state index contributed by atoms with van der Waals surface area (Å²) in [5.41, 5.74) is 1.39. The summed E-state index contributed by atoms with van der Waals surface area (Å²) in [4.78, 5) is 17.5. The first-order valence-electron chi connectivity index (χ1n) is 6.06. The van der Waals surface area contributed by atoms with Gasteiger partial charge in [-0.1, -0.05) is 6.07 Å². The Morgan fingerprint density at radius 2 is 2.14 bits per heavy atom. The van der Waals surface area contributed by atoms with Crippen molar-refractivity contribution in [2.45, 2.75) is 11.4 Å². The van der Waals surface area contributed by atoms with Gasteiger partial charge in [0.15, 0.2) is 5.58 Å². The maximum absolute atomic E-state index is 12.2. The van der Waals surface area contributed by atoms with Gasteiger partial charge >= 0.3 is 5.76 Å². The van der Waals surface area contributed by atoms with Gasteiger partial charge in [0, 0.05) is 25.0 Å². The zero-order chi connectivity index (χ0) is 14.9. The van der Waals surface area contributed by atoms with Crippen LogP contribution in [-0.4, -0.2) is 18.4 Å². The van der Waals surface area contributed by atoms with Gasteiger partial charge in [0.1, 0.15) is 0 Å². The molecule has 7 nitrogen and oxygen atoms in total. The number of sulfonamides is 1. The SMILES string of the molecule is O=c1[nH]c2ccc(S(=O)(=O)NCc3cccnc3)cc2o1. The highest BCUT2D eigenvalue weighted by molar-refractivity contribution is 7.89. The van der Waals surface area contributed by atoms with E-state index >= 15 is 0 Å². The highest BCUT2D eigenvalue weighted by Gasteiger charge is 2.15. The van der Waals surface area contributed by atoms with Crippen LogP contribution in [0, 0.1) is 0 Å². The summed E-state index contributed by atoms with van der Waals surface area (Å²) < 4.78 is 31.7. The van der Waals surface area contributed by atoms with Crippen molar-refractivity contribution in [3.8, 4) is 0 Å². The van der Waals surface area contributed by atoms with Gasteiger partial charge < -0.3 is 4.42 Å². The number of nitrogens with one attached hydrogen (secondary N) is 2. The molecule has 21 heavy (non-hydrogen) atoms. The first-order valence-corrected chi connectivity index (χ1v) is 7.54. The van der Waals surface area contributed by atoms with E-state index in [1.54, 1.807) is 24.5 Å². The minimum atomic E-state index is -3.69. The second-order valence-corrected chi connectivity index (χ2v) is 6.13. The molecular formula is C13H11N3O4S. The number of benzene rings is 1. The lowest BCUT2D eigenvalue weighted by Gasteiger charge is -2.06. The van der Waals surface area contributed by atoms with Gasteiger partial charge in [-0.05, 0) is 23.8 Å². The van der Waals surface area contributed by atoms with Crippen molar-refractivity contribution in [2.24, 2.45) is 0 Å².